The predicted molar refractivity (Wildman–Crippen MR) is 95.1 cm³/mol. The van der Waals surface area contributed by atoms with Gasteiger partial charge in [0, 0.05) is 25.3 Å². The van der Waals surface area contributed by atoms with E-state index in [1.807, 2.05) is 4.90 Å². The maximum absolute atomic E-state index is 13.4. The third kappa shape index (κ3) is 2.49. The van der Waals surface area contributed by atoms with Crippen molar-refractivity contribution in [3.63, 3.8) is 0 Å². The van der Waals surface area contributed by atoms with Crippen molar-refractivity contribution < 1.29 is 4.79 Å². The molecule has 128 valence electrons. The normalized spacial score (nSPS) is 16.1. The molecule has 1 aliphatic rings. The molecule has 3 heterocycles. The van der Waals surface area contributed by atoms with Crippen LogP contribution in [0.5, 0.6) is 0 Å². The van der Waals surface area contributed by atoms with Gasteiger partial charge in [0.25, 0.3) is 5.91 Å². The number of aromatic nitrogens is 4. The van der Waals surface area contributed by atoms with Crippen molar-refractivity contribution >= 4 is 17.1 Å². The number of hydrogen-bond donors (Lipinski definition) is 0. The summed E-state index contributed by atoms with van der Waals surface area (Å²) >= 11 is 0. The summed E-state index contributed by atoms with van der Waals surface area (Å²) in [5.41, 5.74) is 5.22. The lowest BCUT2D eigenvalue weighted by Crippen LogP contribution is -2.51. The Labute approximate surface area is 146 Å². The van der Waals surface area contributed by atoms with Crippen LogP contribution >= 0.6 is 0 Å². The number of hydrogen-bond acceptors (Lipinski definition) is 4. The largest absolute Gasteiger partial charge is 0.329 e. The summed E-state index contributed by atoms with van der Waals surface area (Å²) in [4.78, 5) is 19.6. The molecule has 0 atom stereocenters. The van der Waals surface area contributed by atoms with Crippen LogP contribution in [0.25, 0.3) is 11.2 Å². The van der Waals surface area contributed by atoms with E-state index >= 15 is 0 Å². The summed E-state index contributed by atoms with van der Waals surface area (Å²) < 4.78 is 1.59. The van der Waals surface area contributed by atoms with Crippen molar-refractivity contribution in [2.24, 2.45) is 7.05 Å². The van der Waals surface area contributed by atoms with Gasteiger partial charge in [-0.1, -0.05) is 29.0 Å². The van der Waals surface area contributed by atoms with Crippen LogP contribution in [0.15, 0.2) is 30.5 Å². The topological polar surface area (TPSA) is 63.9 Å². The highest BCUT2D eigenvalue weighted by Crippen LogP contribution is 2.33. The van der Waals surface area contributed by atoms with Crippen molar-refractivity contribution in [1.29, 1.82) is 0 Å². The van der Waals surface area contributed by atoms with Crippen molar-refractivity contribution in [2.45, 2.75) is 39.3 Å². The van der Waals surface area contributed by atoms with Gasteiger partial charge in [-0.3, -0.25) is 4.79 Å². The van der Waals surface area contributed by atoms with E-state index in [2.05, 4.69) is 54.3 Å². The summed E-state index contributed by atoms with van der Waals surface area (Å²) in [6.07, 6.45) is 2.48. The summed E-state index contributed by atoms with van der Waals surface area (Å²) in [5.74, 6) is -0.0231. The van der Waals surface area contributed by atoms with Crippen LogP contribution in [0.2, 0.25) is 0 Å². The van der Waals surface area contributed by atoms with Gasteiger partial charge in [0.1, 0.15) is 5.52 Å². The molecule has 0 unspecified atom stereocenters. The molecule has 0 saturated heterocycles. The predicted octanol–water partition coefficient (Wildman–Crippen LogP) is 2.65. The molecule has 1 aromatic carbocycles. The molecule has 3 aromatic rings. The quantitative estimate of drug-likeness (QED) is 0.686. The lowest BCUT2D eigenvalue weighted by atomic mass is 9.84. The molecule has 25 heavy (non-hydrogen) atoms. The molecular formula is C19H21N5O. The van der Waals surface area contributed by atoms with E-state index in [1.165, 1.54) is 16.7 Å². The zero-order valence-corrected chi connectivity index (χ0v) is 14.9. The molecule has 0 spiro atoms. The highest BCUT2D eigenvalue weighted by atomic mass is 16.2. The van der Waals surface area contributed by atoms with Gasteiger partial charge in [0.2, 0.25) is 0 Å². The Kier molecular flexibility index (Phi) is 3.39. The van der Waals surface area contributed by atoms with Gasteiger partial charge in [0.05, 0.1) is 5.56 Å². The maximum Gasteiger partial charge on any atom is 0.257 e. The first-order valence-electron chi connectivity index (χ1n) is 8.41. The highest BCUT2D eigenvalue weighted by Gasteiger charge is 2.37. The average Bonchev–Trinajstić information content (AvgIpc) is 2.95. The fraction of sp³-hybridized carbons (Fsp3) is 0.368. The van der Waals surface area contributed by atoms with Crippen LogP contribution in [0.4, 0.5) is 0 Å². The van der Waals surface area contributed by atoms with Gasteiger partial charge in [-0.2, -0.15) is 0 Å². The molecule has 1 amide bonds. The summed E-state index contributed by atoms with van der Waals surface area (Å²) in [6, 6.07) is 8.23. The van der Waals surface area contributed by atoms with E-state index in [9.17, 15) is 4.79 Å². The number of amides is 1. The van der Waals surface area contributed by atoms with Gasteiger partial charge in [0.15, 0.2) is 5.65 Å². The highest BCUT2D eigenvalue weighted by molar-refractivity contribution is 6.04. The molecule has 2 aromatic heterocycles. The Morgan fingerprint density at radius 1 is 1.20 bits per heavy atom. The molecular weight excluding hydrogens is 314 g/mol. The molecule has 6 heteroatoms. The molecule has 0 fully saturated rings. The van der Waals surface area contributed by atoms with Crippen LogP contribution in [-0.2, 0) is 20.0 Å². The van der Waals surface area contributed by atoms with Gasteiger partial charge >= 0.3 is 0 Å². The van der Waals surface area contributed by atoms with Crippen LogP contribution in [0.1, 0.15) is 40.9 Å². The molecule has 0 saturated carbocycles. The molecule has 4 rings (SSSR count). The standard InChI is InChI=1S/C19H21N5O/c1-12-5-6-13-10-19(2,3)24(11-14(13)9-12)18(25)15-7-8-20-17-16(15)21-22-23(17)4/h5-9H,10-11H2,1-4H3. The second-order valence-corrected chi connectivity index (χ2v) is 7.40. The van der Waals surface area contributed by atoms with Crippen LogP contribution < -0.4 is 0 Å². The number of fused-ring (bicyclic) bond motifs is 2. The molecule has 1 aliphatic heterocycles. The van der Waals surface area contributed by atoms with Crippen LogP contribution in [-0.4, -0.2) is 36.3 Å². The second-order valence-electron chi connectivity index (χ2n) is 7.40. The lowest BCUT2D eigenvalue weighted by molar-refractivity contribution is 0.0490. The first-order chi connectivity index (χ1) is 11.9. The first-order valence-corrected chi connectivity index (χ1v) is 8.41. The van der Waals surface area contributed by atoms with Gasteiger partial charge in [-0.05, 0) is 44.4 Å². The van der Waals surface area contributed by atoms with Gasteiger partial charge in [-0.25, -0.2) is 9.67 Å². The van der Waals surface area contributed by atoms with Crippen molar-refractivity contribution in [1.82, 2.24) is 24.9 Å². The minimum atomic E-state index is -0.267. The van der Waals surface area contributed by atoms with Crippen molar-refractivity contribution in [3.05, 3.63) is 52.7 Å². The van der Waals surface area contributed by atoms with E-state index in [4.69, 9.17) is 0 Å². The maximum atomic E-state index is 13.4. The molecule has 0 radical (unpaired) electrons. The third-order valence-corrected chi connectivity index (χ3v) is 5.01. The fourth-order valence-electron chi connectivity index (χ4n) is 3.62. The fourth-order valence-corrected chi connectivity index (χ4v) is 3.62. The SMILES string of the molecule is Cc1ccc2c(c1)CN(C(=O)c1ccnc3c1nnn3C)C(C)(C)C2. The third-order valence-electron chi connectivity index (χ3n) is 5.01. The number of benzene rings is 1. The van der Waals surface area contributed by atoms with E-state index < -0.39 is 0 Å². The number of carbonyl (C=O) groups is 1. The van der Waals surface area contributed by atoms with E-state index in [1.54, 1.807) is 24.0 Å². The van der Waals surface area contributed by atoms with Gasteiger partial charge < -0.3 is 4.90 Å². The minimum Gasteiger partial charge on any atom is -0.329 e. The zero-order valence-electron chi connectivity index (χ0n) is 14.9. The van der Waals surface area contributed by atoms with Crippen molar-refractivity contribution in [3.8, 4) is 0 Å². The number of carbonyl (C=O) groups excluding carboxylic acids is 1. The zero-order chi connectivity index (χ0) is 17.8. The van der Waals surface area contributed by atoms with Crippen LogP contribution in [0.3, 0.4) is 0 Å². The second kappa shape index (κ2) is 5.37. The summed E-state index contributed by atoms with van der Waals surface area (Å²) in [6.45, 7) is 6.91. The Balaban J connectivity index is 1.78. The molecule has 0 bridgehead atoms. The summed E-state index contributed by atoms with van der Waals surface area (Å²) in [5, 5.41) is 8.14. The lowest BCUT2D eigenvalue weighted by Gasteiger charge is -2.43. The van der Waals surface area contributed by atoms with E-state index in [0.29, 0.717) is 23.3 Å². The monoisotopic (exact) mass is 335 g/mol. The average molecular weight is 335 g/mol. The number of nitrogens with zero attached hydrogens (tertiary/aromatic N) is 5. The van der Waals surface area contributed by atoms with E-state index in [0.717, 1.165) is 6.42 Å². The van der Waals surface area contributed by atoms with Gasteiger partial charge in [-0.15, -0.1) is 5.10 Å². The Hall–Kier alpha value is -2.76. The Morgan fingerprint density at radius 2 is 2.00 bits per heavy atom. The molecule has 6 nitrogen and oxygen atoms in total. The van der Waals surface area contributed by atoms with Crippen LogP contribution in [0, 0.1) is 6.92 Å². The van der Waals surface area contributed by atoms with E-state index in [-0.39, 0.29) is 11.4 Å². The first kappa shape index (κ1) is 15.7. The molecule has 0 aliphatic carbocycles. The smallest absolute Gasteiger partial charge is 0.257 e. The Morgan fingerprint density at radius 3 is 2.80 bits per heavy atom. The molecule has 0 N–H and O–H groups in total. The summed E-state index contributed by atoms with van der Waals surface area (Å²) in [7, 11) is 1.78. The number of rotatable bonds is 1. The Bertz CT molecular complexity index is 989. The van der Waals surface area contributed by atoms with Crippen molar-refractivity contribution in [2.75, 3.05) is 0 Å². The minimum absolute atomic E-state index is 0.0231. The number of pyridine rings is 1. The number of aryl methyl sites for hydroxylation is 2.